The number of aliphatic hydroxyl groups excluding tert-OH is 1. The van der Waals surface area contributed by atoms with Gasteiger partial charge in [0.05, 0.1) is 12.3 Å². The second-order valence-corrected chi connectivity index (χ2v) is 4.98. The highest BCUT2D eigenvalue weighted by Crippen LogP contribution is 2.40. The number of anilines is 1. The third kappa shape index (κ3) is 2.90. The van der Waals surface area contributed by atoms with Crippen molar-refractivity contribution in [3.8, 4) is 5.75 Å². The molecule has 0 aromatic heterocycles. The Morgan fingerprint density at radius 2 is 1.82 bits per heavy atom. The van der Waals surface area contributed by atoms with Crippen LogP contribution in [0.4, 0.5) is 5.69 Å². The van der Waals surface area contributed by atoms with Gasteiger partial charge in [-0.1, -0.05) is 0 Å². The van der Waals surface area contributed by atoms with Gasteiger partial charge in [0.25, 0.3) is 11.7 Å². The molecule has 122 valence electrons. The molecule has 0 atom stereocenters. The normalized spacial score (nSPS) is 18.8. The van der Waals surface area contributed by atoms with Gasteiger partial charge < -0.3 is 40.7 Å². The molecule has 1 heterocycles. The smallest absolute Gasteiger partial charge is 0.305 e. The van der Waals surface area contributed by atoms with Crippen LogP contribution in [0.1, 0.15) is 18.4 Å². The van der Waals surface area contributed by atoms with Crippen molar-refractivity contribution < 1.29 is 40.2 Å². The van der Waals surface area contributed by atoms with Crippen molar-refractivity contribution in [2.75, 3.05) is 11.9 Å². The van der Waals surface area contributed by atoms with Crippen LogP contribution in [0, 0.1) is 0 Å². The Hall–Kier alpha value is -1.75. The van der Waals surface area contributed by atoms with Gasteiger partial charge in [-0.25, -0.2) is 0 Å². The van der Waals surface area contributed by atoms with E-state index in [9.17, 15) is 25.2 Å². The van der Waals surface area contributed by atoms with Gasteiger partial charge >= 0.3 is 5.79 Å². The molecule has 0 spiro atoms. The summed E-state index contributed by atoms with van der Waals surface area (Å²) in [4.78, 5) is 11.5. The Balaban J connectivity index is 2.16. The fourth-order valence-corrected chi connectivity index (χ4v) is 2.03. The lowest BCUT2D eigenvalue weighted by Gasteiger charge is -2.38. The summed E-state index contributed by atoms with van der Waals surface area (Å²) in [5.74, 6) is -7.64. The van der Waals surface area contributed by atoms with E-state index >= 15 is 0 Å². The quantitative estimate of drug-likeness (QED) is 0.241. The summed E-state index contributed by atoms with van der Waals surface area (Å²) in [7, 11) is 0. The van der Waals surface area contributed by atoms with Crippen molar-refractivity contribution in [2.45, 2.75) is 30.7 Å². The molecule has 22 heavy (non-hydrogen) atoms. The monoisotopic (exact) mass is 315 g/mol. The first-order chi connectivity index (χ1) is 10.2. The van der Waals surface area contributed by atoms with Crippen LogP contribution < -0.4 is 10.1 Å². The van der Waals surface area contributed by atoms with E-state index in [-0.39, 0.29) is 30.0 Å². The average Bonchev–Trinajstić information content (AvgIpc) is 2.42. The zero-order valence-corrected chi connectivity index (χ0v) is 11.4. The zero-order chi connectivity index (χ0) is 16.5. The fourth-order valence-electron chi connectivity index (χ4n) is 2.03. The van der Waals surface area contributed by atoms with Crippen LogP contribution in [0.2, 0.25) is 0 Å². The van der Waals surface area contributed by atoms with Crippen LogP contribution >= 0.6 is 0 Å². The highest BCUT2D eigenvalue weighted by atomic mass is 16.6. The second-order valence-electron chi connectivity index (χ2n) is 4.98. The van der Waals surface area contributed by atoms with E-state index in [2.05, 4.69) is 5.32 Å². The van der Waals surface area contributed by atoms with Crippen LogP contribution in [-0.2, 0) is 10.6 Å². The molecule has 0 saturated heterocycles. The molecule has 1 amide bonds. The number of fused-ring (bicyclic) bond motifs is 1. The van der Waals surface area contributed by atoms with E-state index in [4.69, 9.17) is 14.9 Å². The standard InChI is InChI=1S/C13H17NO8/c15-10(16)2-1-5-22-7-3-4-8-9(6-7)14-11(17)13(20,21)12(8,18)19/h3-4,6,10,15-16,18-21H,1-2,5H2,(H,14,17). The lowest BCUT2D eigenvalue weighted by Crippen LogP contribution is -2.62. The van der Waals surface area contributed by atoms with Crippen LogP contribution in [0.15, 0.2) is 18.2 Å². The molecule has 1 aromatic carbocycles. The maximum absolute atomic E-state index is 11.5. The van der Waals surface area contributed by atoms with Crippen molar-refractivity contribution in [3.05, 3.63) is 23.8 Å². The minimum atomic E-state index is -3.38. The van der Waals surface area contributed by atoms with Crippen molar-refractivity contribution in [1.29, 1.82) is 0 Å². The molecule has 0 bridgehead atoms. The zero-order valence-electron chi connectivity index (χ0n) is 11.4. The SMILES string of the molecule is O=C1Nc2cc(OCCCC(O)O)ccc2C(O)(O)C1(O)O. The summed E-state index contributed by atoms with van der Waals surface area (Å²) in [5, 5.41) is 58.1. The molecule has 1 aromatic rings. The predicted molar refractivity (Wildman–Crippen MR) is 71.3 cm³/mol. The number of carbonyl (C=O) groups excluding carboxylic acids is 1. The first-order valence-electron chi connectivity index (χ1n) is 6.50. The number of rotatable bonds is 5. The molecule has 1 aliphatic heterocycles. The number of ether oxygens (including phenoxy) is 1. The predicted octanol–water partition coefficient (Wildman–Crippen LogP) is -2.07. The highest BCUT2D eigenvalue weighted by molar-refractivity contribution is 6.00. The molecule has 0 radical (unpaired) electrons. The number of amides is 1. The molecular weight excluding hydrogens is 298 g/mol. The second kappa shape index (κ2) is 5.80. The van der Waals surface area contributed by atoms with Gasteiger partial charge in [-0.3, -0.25) is 4.79 Å². The Morgan fingerprint density at radius 1 is 1.14 bits per heavy atom. The summed E-state index contributed by atoms with van der Waals surface area (Å²) in [6, 6.07) is 3.81. The van der Waals surface area contributed by atoms with E-state index < -0.39 is 23.8 Å². The molecule has 9 heteroatoms. The van der Waals surface area contributed by atoms with Gasteiger partial charge in [0, 0.05) is 18.1 Å². The minimum absolute atomic E-state index is 0.0339. The molecule has 0 fully saturated rings. The summed E-state index contributed by atoms with van der Waals surface area (Å²) in [6.45, 7) is 0.178. The van der Waals surface area contributed by atoms with Gasteiger partial charge in [0.2, 0.25) is 0 Å². The third-order valence-corrected chi connectivity index (χ3v) is 3.29. The van der Waals surface area contributed by atoms with Gasteiger partial charge in [-0.2, -0.15) is 0 Å². The summed E-state index contributed by atoms with van der Waals surface area (Å²) >= 11 is 0. The molecule has 9 nitrogen and oxygen atoms in total. The van der Waals surface area contributed by atoms with E-state index in [1.54, 1.807) is 0 Å². The van der Waals surface area contributed by atoms with Crippen LogP contribution in [0.3, 0.4) is 0 Å². The largest absolute Gasteiger partial charge is 0.494 e. The lowest BCUT2D eigenvalue weighted by molar-refractivity contribution is -0.345. The van der Waals surface area contributed by atoms with E-state index in [0.29, 0.717) is 6.42 Å². The molecule has 7 N–H and O–H groups in total. The van der Waals surface area contributed by atoms with Crippen LogP contribution in [0.25, 0.3) is 0 Å². The molecule has 0 aliphatic carbocycles. The third-order valence-electron chi connectivity index (χ3n) is 3.29. The number of nitrogens with one attached hydrogen (secondary N) is 1. The van der Waals surface area contributed by atoms with E-state index in [1.807, 2.05) is 0 Å². The Morgan fingerprint density at radius 3 is 2.45 bits per heavy atom. The Bertz CT molecular complexity index is 569. The topological polar surface area (TPSA) is 160 Å². The lowest BCUT2D eigenvalue weighted by atomic mass is 9.91. The minimum Gasteiger partial charge on any atom is -0.494 e. The van der Waals surface area contributed by atoms with Gasteiger partial charge in [-0.05, 0) is 18.6 Å². The molecular formula is C13H17NO8. The Labute approximate surface area is 125 Å². The number of benzene rings is 1. The Kier molecular flexibility index (Phi) is 4.38. The molecule has 0 unspecified atom stereocenters. The summed E-state index contributed by atoms with van der Waals surface area (Å²) < 4.78 is 5.32. The molecule has 1 aliphatic rings. The molecule has 2 rings (SSSR count). The number of hydrogen-bond acceptors (Lipinski definition) is 8. The maximum Gasteiger partial charge on any atom is 0.305 e. The van der Waals surface area contributed by atoms with Crippen molar-refractivity contribution >= 4 is 11.6 Å². The van der Waals surface area contributed by atoms with Crippen LogP contribution in [-0.4, -0.2) is 55.2 Å². The van der Waals surface area contributed by atoms with Crippen molar-refractivity contribution in [3.63, 3.8) is 0 Å². The summed E-state index contributed by atoms with van der Waals surface area (Å²) in [5.41, 5.74) is -0.330. The van der Waals surface area contributed by atoms with E-state index in [0.717, 1.165) is 0 Å². The summed E-state index contributed by atoms with van der Waals surface area (Å²) in [6.07, 6.45) is -0.908. The van der Waals surface area contributed by atoms with Crippen LogP contribution in [0.5, 0.6) is 5.75 Å². The van der Waals surface area contributed by atoms with Crippen molar-refractivity contribution in [1.82, 2.24) is 0 Å². The van der Waals surface area contributed by atoms with E-state index in [1.165, 1.54) is 18.2 Å². The van der Waals surface area contributed by atoms with Gasteiger partial charge in [0.15, 0.2) is 6.29 Å². The first kappa shape index (κ1) is 16.6. The van der Waals surface area contributed by atoms with Gasteiger partial charge in [0.1, 0.15) is 5.75 Å². The average molecular weight is 315 g/mol. The first-order valence-corrected chi connectivity index (χ1v) is 6.50. The fraction of sp³-hybridized carbons (Fsp3) is 0.462. The number of aliphatic hydroxyl groups is 6. The highest BCUT2D eigenvalue weighted by Gasteiger charge is 2.58. The van der Waals surface area contributed by atoms with Gasteiger partial charge in [-0.15, -0.1) is 0 Å². The number of hydrogen-bond donors (Lipinski definition) is 7. The van der Waals surface area contributed by atoms with Crippen molar-refractivity contribution in [2.24, 2.45) is 0 Å². The number of carbonyl (C=O) groups is 1. The maximum atomic E-state index is 11.5. The molecule has 0 saturated carbocycles.